The highest BCUT2D eigenvalue weighted by molar-refractivity contribution is 5.94. The minimum atomic E-state index is -0.383. The van der Waals surface area contributed by atoms with Crippen molar-refractivity contribution in [3.8, 4) is 0 Å². The van der Waals surface area contributed by atoms with Crippen molar-refractivity contribution < 1.29 is 9.53 Å². The summed E-state index contributed by atoms with van der Waals surface area (Å²) in [5.74, 6) is 0.176. The Hall–Kier alpha value is -2.37. The van der Waals surface area contributed by atoms with Gasteiger partial charge in [0.1, 0.15) is 11.4 Å². The molecule has 20 heavy (non-hydrogen) atoms. The van der Waals surface area contributed by atoms with Crippen molar-refractivity contribution in [1.29, 1.82) is 0 Å². The fourth-order valence-corrected chi connectivity index (χ4v) is 1.93. The lowest BCUT2D eigenvalue weighted by molar-refractivity contribution is 0.0601. The Bertz CT molecular complexity index is 580. The molecule has 2 aromatic rings. The number of esters is 1. The first-order valence-electron chi connectivity index (χ1n) is 6.48. The molecule has 0 fully saturated rings. The molecule has 0 radical (unpaired) electrons. The molecule has 2 aromatic heterocycles. The molecule has 0 saturated carbocycles. The number of carbonyl (C=O) groups excluding carboxylic acids is 1. The van der Waals surface area contributed by atoms with Crippen LogP contribution in [0.25, 0.3) is 0 Å². The monoisotopic (exact) mass is 274 g/mol. The maximum atomic E-state index is 11.6. The minimum Gasteiger partial charge on any atom is -0.465 e. The Morgan fingerprint density at radius 1 is 1.50 bits per heavy atom. The number of pyridine rings is 1. The SMILES string of the molecule is COC(=O)c1cccnc1NCCCc1cn[nH]c1C. The normalized spacial score (nSPS) is 10.3. The topological polar surface area (TPSA) is 79.9 Å². The first-order valence-corrected chi connectivity index (χ1v) is 6.48. The second-order valence-corrected chi connectivity index (χ2v) is 4.44. The van der Waals surface area contributed by atoms with E-state index in [2.05, 4.69) is 20.5 Å². The van der Waals surface area contributed by atoms with Gasteiger partial charge in [-0.15, -0.1) is 0 Å². The number of ether oxygens (including phenoxy) is 1. The number of H-pyrrole nitrogens is 1. The van der Waals surface area contributed by atoms with Crippen LogP contribution in [0.5, 0.6) is 0 Å². The summed E-state index contributed by atoms with van der Waals surface area (Å²) in [6, 6.07) is 3.41. The van der Waals surface area contributed by atoms with Crippen LogP contribution in [-0.4, -0.2) is 34.8 Å². The number of methoxy groups -OCH3 is 1. The zero-order valence-electron chi connectivity index (χ0n) is 11.6. The van der Waals surface area contributed by atoms with Crippen molar-refractivity contribution in [3.63, 3.8) is 0 Å². The molecule has 2 rings (SSSR count). The summed E-state index contributed by atoms with van der Waals surface area (Å²) in [5.41, 5.74) is 2.76. The van der Waals surface area contributed by atoms with E-state index in [1.165, 1.54) is 12.7 Å². The number of nitrogens with zero attached hydrogens (tertiary/aromatic N) is 2. The smallest absolute Gasteiger partial charge is 0.341 e. The molecule has 0 amide bonds. The van der Waals surface area contributed by atoms with E-state index >= 15 is 0 Å². The maximum Gasteiger partial charge on any atom is 0.341 e. The lowest BCUT2D eigenvalue weighted by Gasteiger charge is -2.09. The van der Waals surface area contributed by atoms with Crippen molar-refractivity contribution in [2.24, 2.45) is 0 Å². The van der Waals surface area contributed by atoms with Crippen LogP contribution in [0, 0.1) is 6.92 Å². The van der Waals surface area contributed by atoms with Gasteiger partial charge in [0.25, 0.3) is 0 Å². The molecule has 0 spiro atoms. The van der Waals surface area contributed by atoms with Crippen LogP contribution in [0.2, 0.25) is 0 Å². The Morgan fingerprint density at radius 3 is 3.05 bits per heavy atom. The fraction of sp³-hybridized carbons (Fsp3) is 0.357. The molecule has 6 heteroatoms. The zero-order chi connectivity index (χ0) is 14.4. The molecule has 0 aliphatic rings. The third-order valence-electron chi connectivity index (χ3n) is 3.06. The number of hydrogen-bond acceptors (Lipinski definition) is 5. The van der Waals surface area contributed by atoms with Gasteiger partial charge in [0.2, 0.25) is 0 Å². The van der Waals surface area contributed by atoms with Crippen LogP contribution < -0.4 is 5.32 Å². The van der Waals surface area contributed by atoms with Crippen molar-refractivity contribution in [1.82, 2.24) is 15.2 Å². The predicted molar refractivity (Wildman–Crippen MR) is 75.7 cm³/mol. The molecule has 0 bridgehead atoms. The van der Waals surface area contributed by atoms with Crippen LogP contribution in [-0.2, 0) is 11.2 Å². The Balaban J connectivity index is 1.88. The van der Waals surface area contributed by atoms with Gasteiger partial charge in [-0.1, -0.05) is 0 Å². The number of aryl methyl sites for hydroxylation is 2. The molecule has 2 N–H and O–H groups in total. The molecule has 2 heterocycles. The highest BCUT2D eigenvalue weighted by Crippen LogP contribution is 2.13. The first kappa shape index (κ1) is 14.0. The summed E-state index contributed by atoms with van der Waals surface area (Å²) in [5, 5.41) is 10.1. The lowest BCUT2D eigenvalue weighted by Crippen LogP contribution is -2.11. The number of nitrogens with one attached hydrogen (secondary N) is 2. The van der Waals surface area contributed by atoms with Gasteiger partial charge in [0, 0.05) is 18.4 Å². The zero-order valence-corrected chi connectivity index (χ0v) is 11.6. The summed E-state index contributed by atoms with van der Waals surface area (Å²) in [6.07, 6.45) is 5.35. The van der Waals surface area contributed by atoms with Crippen LogP contribution in [0.1, 0.15) is 28.0 Å². The molecular formula is C14H18N4O2. The number of carbonyl (C=O) groups is 1. The van der Waals surface area contributed by atoms with E-state index in [1.807, 2.05) is 13.1 Å². The van der Waals surface area contributed by atoms with Gasteiger partial charge in [-0.3, -0.25) is 5.10 Å². The molecule has 0 atom stereocenters. The van der Waals surface area contributed by atoms with Gasteiger partial charge >= 0.3 is 5.97 Å². The largest absolute Gasteiger partial charge is 0.465 e. The van der Waals surface area contributed by atoms with Crippen LogP contribution in [0.15, 0.2) is 24.5 Å². The molecule has 0 aliphatic carbocycles. The van der Waals surface area contributed by atoms with E-state index in [0.717, 1.165) is 25.1 Å². The van der Waals surface area contributed by atoms with Crippen LogP contribution in [0.3, 0.4) is 0 Å². The third kappa shape index (κ3) is 3.34. The molecule has 0 aromatic carbocycles. The van der Waals surface area contributed by atoms with E-state index in [0.29, 0.717) is 11.4 Å². The Morgan fingerprint density at radius 2 is 2.35 bits per heavy atom. The summed E-state index contributed by atoms with van der Waals surface area (Å²) in [6.45, 7) is 2.73. The number of rotatable bonds is 6. The van der Waals surface area contributed by atoms with Crippen molar-refractivity contribution in [3.05, 3.63) is 41.3 Å². The number of aromatic nitrogens is 3. The lowest BCUT2D eigenvalue weighted by atomic mass is 10.1. The Labute approximate surface area is 117 Å². The van der Waals surface area contributed by atoms with Crippen molar-refractivity contribution in [2.75, 3.05) is 19.0 Å². The average molecular weight is 274 g/mol. The average Bonchev–Trinajstić information content (AvgIpc) is 2.88. The maximum absolute atomic E-state index is 11.6. The van der Waals surface area contributed by atoms with Gasteiger partial charge in [0.15, 0.2) is 0 Å². The molecule has 0 unspecified atom stereocenters. The van der Waals surface area contributed by atoms with Crippen molar-refractivity contribution in [2.45, 2.75) is 19.8 Å². The van der Waals surface area contributed by atoms with E-state index in [-0.39, 0.29) is 5.97 Å². The van der Waals surface area contributed by atoms with E-state index < -0.39 is 0 Å². The summed E-state index contributed by atoms with van der Waals surface area (Å²) in [4.78, 5) is 15.8. The minimum absolute atomic E-state index is 0.383. The number of hydrogen-bond donors (Lipinski definition) is 2. The summed E-state index contributed by atoms with van der Waals surface area (Å²) >= 11 is 0. The van der Waals surface area contributed by atoms with Crippen LogP contribution in [0.4, 0.5) is 5.82 Å². The molecule has 0 aliphatic heterocycles. The predicted octanol–water partition coefficient (Wildman–Crippen LogP) is 1.94. The van der Waals surface area contributed by atoms with Gasteiger partial charge in [-0.2, -0.15) is 5.10 Å². The van der Waals surface area contributed by atoms with Gasteiger partial charge in [-0.25, -0.2) is 9.78 Å². The van der Waals surface area contributed by atoms with E-state index in [4.69, 9.17) is 4.74 Å². The number of anilines is 1. The summed E-state index contributed by atoms with van der Waals surface area (Å²) < 4.78 is 4.73. The molecule has 106 valence electrons. The summed E-state index contributed by atoms with van der Waals surface area (Å²) in [7, 11) is 1.36. The fourth-order valence-electron chi connectivity index (χ4n) is 1.93. The van der Waals surface area contributed by atoms with E-state index in [9.17, 15) is 4.79 Å². The third-order valence-corrected chi connectivity index (χ3v) is 3.06. The number of aromatic amines is 1. The Kier molecular flexibility index (Phi) is 4.70. The van der Waals surface area contributed by atoms with E-state index in [1.54, 1.807) is 18.3 Å². The highest BCUT2D eigenvalue weighted by atomic mass is 16.5. The first-order chi connectivity index (χ1) is 9.72. The molecule has 6 nitrogen and oxygen atoms in total. The van der Waals surface area contributed by atoms with Gasteiger partial charge in [0.05, 0.1) is 13.3 Å². The standard InChI is InChI=1S/C14H18N4O2/c1-10-11(9-17-18-10)5-3-7-15-13-12(14(19)20-2)6-4-8-16-13/h4,6,8-9H,3,5,7H2,1-2H3,(H,15,16)(H,17,18). The second-order valence-electron chi connectivity index (χ2n) is 4.44. The van der Waals surface area contributed by atoms with Crippen molar-refractivity contribution >= 4 is 11.8 Å². The molecule has 0 saturated heterocycles. The van der Waals surface area contributed by atoms with Gasteiger partial charge < -0.3 is 10.1 Å². The highest BCUT2D eigenvalue weighted by Gasteiger charge is 2.11. The second kappa shape index (κ2) is 6.70. The molecular weight excluding hydrogens is 256 g/mol. The quantitative estimate of drug-likeness (QED) is 0.621. The van der Waals surface area contributed by atoms with Gasteiger partial charge in [-0.05, 0) is 37.5 Å². The van der Waals surface area contributed by atoms with Crippen LogP contribution >= 0.6 is 0 Å².